The fourth-order valence-electron chi connectivity index (χ4n) is 2.44. The SMILES string of the molecule is COCCNCC1(CCOCC(F)(F)F)CCOC1C. The van der Waals surface area contributed by atoms with Crippen molar-refractivity contribution in [3.63, 3.8) is 0 Å². The lowest BCUT2D eigenvalue weighted by molar-refractivity contribution is -0.175. The second kappa shape index (κ2) is 8.17. The van der Waals surface area contributed by atoms with Crippen molar-refractivity contribution < 1.29 is 27.4 Å². The number of halogens is 3. The summed E-state index contributed by atoms with van der Waals surface area (Å²) in [6.45, 7) is 3.55. The highest BCUT2D eigenvalue weighted by Crippen LogP contribution is 2.37. The molecule has 0 aromatic carbocycles. The second-order valence-electron chi connectivity index (χ2n) is 5.21. The smallest absolute Gasteiger partial charge is 0.383 e. The van der Waals surface area contributed by atoms with Crippen LogP contribution in [-0.4, -0.2) is 58.9 Å². The van der Waals surface area contributed by atoms with Gasteiger partial charge in [0.2, 0.25) is 0 Å². The van der Waals surface area contributed by atoms with Gasteiger partial charge in [-0.3, -0.25) is 0 Å². The van der Waals surface area contributed by atoms with Gasteiger partial charge in [0.1, 0.15) is 6.61 Å². The van der Waals surface area contributed by atoms with Crippen LogP contribution in [0, 0.1) is 5.41 Å². The van der Waals surface area contributed by atoms with Crippen LogP contribution in [0.5, 0.6) is 0 Å². The van der Waals surface area contributed by atoms with Crippen LogP contribution in [-0.2, 0) is 14.2 Å². The van der Waals surface area contributed by atoms with E-state index in [2.05, 4.69) is 5.32 Å². The largest absolute Gasteiger partial charge is 0.411 e. The second-order valence-corrected chi connectivity index (χ2v) is 5.21. The van der Waals surface area contributed by atoms with Crippen molar-refractivity contribution >= 4 is 0 Å². The highest BCUT2D eigenvalue weighted by Gasteiger charge is 2.41. The molecular weight excluding hydrogens is 275 g/mol. The lowest BCUT2D eigenvalue weighted by Gasteiger charge is -2.32. The van der Waals surface area contributed by atoms with E-state index in [4.69, 9.17) is 14.2 Å². The fraction of sp³-hybridized carbons (Fsp3) is 1.00. The Morgan fingerprint density at radius 3 is 2.65 bits per heavy atom. The number of methoxy groups -OCH3 is 1. The zero-order valence-electron chi connectivity index (χ0n) is 12.1. The molecule has 1 saturated heterocycles. The molecule has 0 bridgehead atoms. The first kappa shape index (κ1) is 17.7. The van der Waals surface area contributed by atoms with Crippen molar-refractivity contribution in [2.24, 2.45) is 5.41 Å². The van der Waals surface area contributed by atoms with E-state index in [9.17, 15) is 13.2 Å². The van der Waals surface area contributed by atoms with Gasteiger partial charge in [-0.15, -0.1) is 0 Å². The summed E-state index contributed by atoms with van der Waals surface area (Å²) < 4.78 is 51.4. The monoisotopic (exact) mass is 299 g/mol. The van der Waals surface area contributed by atoms with Crippen molar-refractivity contribution in [1.29, 1.82) is 0 Å². The third kappa shape index (κ3) is 5.95. The van der Waals surface area contributed by atoms with Gasteiger partial charge in [0.05, 0.1) is 12.7 Å². The molecule has 120 valence electrons. The number of rotatable bonds is 9. The van der Waals surface area contributed by atoms with Gasteiger partial charge in [-0.05, 0) is 19.8 Å². The van der Waals surface area contributed by atoms with Crippen LogP contribution in [0.15, 0.2) is 0 Å². The number of hydrogen-bond acceptors (Lipinski definition) is 4. The van der Waals surface area contributed by atoms with Gasteiger partial charge < -0.3 is 19.5 Å². The van der Waals surface area contributed by atoms with E-state index in [1.54, 1.807) is 7.11 Å². The van der Waals surface area contributed by atoms with Crippen LogP contribution in [0.25, 0.3) is 0 Å². The minimum atomic E-state index is -4.26. The molecule has 7 heteroatoms. The average molecular weight is 299 g/mol. The van der Waals surface area contributed by atoms with Gasteiger partial charge in [0, 0.05) is 38.8 Å². The standard InChI is InChI=1S/C13H24F3NO3/c1-11-12(4-7-20-11,9-17-5-8-18-2)3-6-19-10-13(14,15)16/h11,17H,3-10H2,1-2H3. The van der Waals surface area contributed by atoms with Crippen molar-refractivity contribution in [1.82, 2.24) is 5.32 Å². The number of ether oxygens (including phenoxy) is 3. The maximum atomic E-state index is 12.0. The van der Waals surface area contributed by atoms with E-state index >= 15 is 0 Å². The van der Waals surface area contributed by atoms with Crippen molar-refractivity contribution in [2.45, 2.75) is 32.0 Å². The lowest BCUT2D eigenvalue weighted by Crippen LogP contribution is -2.41. The Kier molecular flexibility index (Phi) is 7.22. The Morgan fingerprint density at radius 2 is 2.10 bits per heavy atom. The summed E-state index contributed by atoms with van der Waals surface area (Å²) in [5, 5.41) is 3.27. The molecule has 0 spiro atoms. The molecule has 1 rings (SSSR count). The summed E-state index contributed by atoms with van der Waals surface area (Å²) in [6.07, 6.45) is -2.85. The van der Waals surface area contributed by atoms with E-state index < -0.39 is 12.8 Å². The third-order valence-corrected chi connectivity index (χ3v) is 3.80. The normalized spacial score (nSPS) is 27.1. The summed E-state index contributed by atoms with van der Waals surface area (Å²) >= 11 is 0. The summed E-state index contributed by atoms with van der Waals surface area (Å²) in [4.78, 5) is 0. The van der Waals surface area contributed by atoms with Crippen molar-refractivity contribution in [3.8, 4) is 0 Å². The van der Waals surface area contributed by atoms with Crippen LogP contribution in [0.2, 0.25) is 0 Å². The first-order valence-electron chi connectivity index (χ1n) is 6.85. The van der Waals surface area contributed by atoms with Gasteiger partial charge in [-0.1, -0.05) is 0 Å². The molecule has 0 aromatic heterocycles. The van der Waals surface area contributed by atoms with Crippen molar-refractivity contribution in [3.05, 3.63) is 0 Å². The summed E-state index contributed by atoms with van der Waals surface area (Å²) in [5.41, 5.74) is -0.153. The molecule has 2 unspecified atom stereocenters. The first-order valence-corrected chi connectivity index (χ1v) is 6.85. The Labute approximate surface area is 117 Å². The fourth-order valence-corrected chi connectivity index (χ4v) is 2.44. The van der Waals surface area contributed by atoms with E-state index in [0.717, 1.165) is 6.42 Å². The Morgan fingerprint density at radius 1 is 1.35 bits per heavy atom. The molecule has 0 amide bonds. The van der Waals surface area contributed by atoms with Crippen LogP contribution in [0.3, 0.4) is 0 Å². The molecule has 1 heterocycles. The lowest BCUT2D eigenvalue weighted by atomic mass is 9.78. The molecule has 0 aliphatic carbocycles. The third-order valence-electron chi connectivity index (χ3n) is 3.80. The zero-order valence-corrected chi connectivity index (χ0v) is 12.1. The predicted octanol–water partition coefficient (Wildman–Crippen LogP) is 1.99. The molecular formula is C13H24F3NO3. The Hall–Kier alpha value is -0.370. The van der Waals surface area contributed by atoms with E-state index in [1.807, 2.05) is 6.92 Å². The topological polar surface area (TPSA) is 39.7 Å². The molecule has 1 N–H and O–H groups in total. The zero-order chi connectivity index (χ0) is 15.1. The van der Waals surface area contributed by atoms with Gasteiger partial charge in [-0.25, -0.2) is 0 Å². The summed E-state index contributed by atoms with van der Waals surface area (Å²) in [5.74, 6) is 0. The van der Waals surface area contributed by atoms with E-state index in [-0.39, 0.29) is 18.1 Å². The van der Waals surface area contributed by atoms with Crippen molar-refractivity contribution in [2.75, 3.05) is 46.6 Å². The molecule has 0 aromatic rings. The van der Waals surface area contributed by atoms with Crippen LogP contribution < -0.4 is 5.32 Å². The molecule has 0 saturated carbocycles. The van der Waals surface area contributed by atoms with Crippen LogP contribution >= 0.6 is 0 Å². The predicted molar refractivity (Wildman–Crippen MR) is 68.7 cm³/mol. The van der Waals surface area contributed by atoms with Gasteiger partial charge >= 0.3 is 6.18 Å². The highest BCUT2D eigenvalue weighted by molar-refractivity contribution is 4.91. The molecule has 1 fully saturated rings. The van der Waals surface area contributed by atoms with Gasteiger partial charge in [-0.2, -0.15) is 13.2 Å². The molecule has 4 nitrogen and oxygen atoms in total. The minimum Gasteiger partial charge on any atom is -0.383 e. The molecule has 0 radical (unpaired) electrons. The van der Waals surface area contributed by atoms with E-state index in [1.165, 1.54) is 0 Å². The molecule has 1 aliphatic rings. The van der Waals surface area contributed by atoms with Crippen LogP contribution in [0.4, 0.5) is 13.2 Å². The summed E-state index contributed by atoms with van der Waals surface area (Å²) in [7, 11) is 1.63. The van der Waals surface area contributed by atoms with Gasteiger partial charge in [0.25, 0.3) is 0 Å². The number of nitrogens with one attached hydrogen (secondary N) is 1. The minimum absolute atomic E-state index is 0.0204. The molecule has 20 heavy (non-hydrogen) atoms. The van der Waals surface area contributed by atoms with Crippen LogP contribution in [0.1, 0.15) is 19.8 Å². The maximum Gasteiger partial charge on any atom is 0.411 e. The first-order chi connectivity index (χ1) is 9.40. The Balaban J connectivity index is 2.36. The number of hydrogen-bond donors (Lipinski definition) is 1. The summed E-state index contributed by atoms with van der Waals surface area (Å²) in [6, 6.07) is 0. The van der Waals surface area contributed by atoms with Gasteiger partial charge in [0.15, 0.2) is 0 Å². The van der Waals surface area contributed by atoms with E-state index in [0.29, 0.717) is 32.7 Å². The number of alkyl halides is 3. The molecule has 1 aliphatic heterocycles. The Bertz CT molecular complexity index is 276. The molecule has 2 atom stereocenters. The highest BCUT2D eigenvalue weighted by atomic mass is 19.4. The average Bonchev–Trinajstić information content (AvgIpc) is 2.72. The quantitative estimate of drug-likeness (QED) is 0.661. The maximum absolute atomic E-state index is 12.0.